The molecule has 0 unspecified atom stereocenters. The average Bonchev–Trinajstić information content (AvgIpc) is 2.82. The second kappa shape index (κ2) is 5.27. The van der Waals surface area contributed by atoms with Crippen LogP contribution in [0, 0.1) is 11.7 Å². The molecule has 19 heavy (non-hydrogen) atoms. The first-order chi connectivity index (χ1) is 9.26. The number of halogens is 1. The number of fused-ring (bicyclic) bond motifs is 1. The third-order valence-electron chi connectivity index (χ3n) is 3.85. The van der Waals surface area contributed by atoms with Crippen LogP contribution in [0.1, 0.15) is 18.5 Å². The van der Waals surface area contributed by atoms with Gasteiger partial charge in [0.15, 0.2) is 5.58 Å². The number of piperidine rings is 1. The van der Waals surface area contributed by atoms with Gasteiger partial charge in [-0.05, 0) is 50.0 Å². The molecule has 0 saturated carbocycles. The van der Waals surface area contributed by atoms with Crippen molar-refractivity contribution in [2.75, 3.05) is 19.7 Å². The van der Waals surface area contributed by atoms with E-state index in [0.29, 0.717) is 18.0 Å². The van der Waals surface area contributed by atoms with Crippen LogP contribution in [-0.2, 0) is 6.54 Å². The average molecular weight is 264 g/mol. The predicted molar refractivity (Wildman–Crippen MR) is 69.1 cm³/mol. The van der Waals surface area contributed by atoms with Crippen molar-refractivity contribution in [3.8, 4) is 0 Å². The van der Waals surface area contributed by atoms with Crippen molar-refractivity contribution in [2.45, 2.75) is 19.4 Å². The molecular weight excluding hydrogens is 247 g/mol. The molecule has 5 heteroatoms. The molecule has 1 aromatic heterocycles. The highest BCUT2D eigenvalue weighted by Gasteiger charge is 2.20. The highest BCUT2D eigenvalue weighted by molar-refractivity contribution is 5.79. The van der Waals surface area contributed by atoms with Gasteiger partial charge in [0.05, 0.1) is 0 Å². The highest BCUT2D eigenvalue weighted by Crippen LogP contribution is 2.23. The molecule has 0 atom stereocenters. The van der Waals surface area contributed by atoms with Gasteiger partial charge in [0.1, 0.15) is 11.5 Å². The van der Waals surface area contributed by atoms with Crippen molar-refractivity contribution in [1.29, 1.82) is 0 Å². The summed E-state index contributed by atoms with van der Waals surface area (Å²) >= 11 is 0. The second-order valence-electron chi connectivity index (χ2n) is 5.17. The Morgan fingerprint density at radius 2 is 2.16 bits per heavy atom. The van der Waals surface area contributed by atoms with E-state index in [1.807, 2.05) is 0 Å². The largest absolute Gasteiger partial charge is 0.396 e. The van der Waals surface area contributed by atoms with Crippen LogP contribution in [-0.4, -0.2) is 34.9 Å². The van der Waals surface area contributed by atoms with Crippen molar-refractivity contribution >= 4 is 11.0 Å². The van der Waals surface area contributed by atoms with E-state index in [2.05, 4.69) is 10.1 Å². The minimum Gasteiger partial charge on any atom is -0.396 e. The Morgan fingerprint density at radius 1 is 1.37 bits per heavy atom. The lowest BCUT2D eigenvalue weighted by Crippen LogP contribution is -2.34. The van der Waals surface area contributed by atoms with E-state index in [4.69, 9.17) is 9.63 Å². The summed E-state index contributed by atoms with van der Waals surface area (Å²) in [7, 11) is 0. The fourth-order valence-electron chi connectivity index (χ4n) is 2.61. The molecule has 1 aromatic carbocycles. The van der Waals surface area contributed by atoms with Gasteiger partial charge in [-0.3, -0.25) is 4.90 Å². The normalized spacial score (nSPS) is 18.2. The minimum absolute atomic E-state index is 0.268. The van der Waals surface area contributed by atoms with Gasteiger partial charge >= 0.3 is 0 Å². The molecule has 1 saturated heterocycles. The molecule has 1 aliphatic heterocycles. The number of aromatic nitrogens is 1. The van der Waals surface area contributed by atoms with Crippen LogP contribution < -0.4 is 0 Å². The Kier molecular flexibility index (Phi) is 3.48. The number of hydrogen-bond donors (Lipinski definition) is 1. The molecule has 0 bridgehead atoms. The smallest absolute Gasteiger partial charge is 0.167 e. The Labute approximate surface area is 110 Å². The SMILES string of the molecule is OCC1CCN(Cc2noc3ccc(F)cc23)CC1. The lowest BCUT2D eigenvalue weighted by atomic mass is 9.98. The molecule has 1 aliphatic rings. The summed E-state index contributed by atoms with van der Waals surface area (Å²) in [5, 5.41) is 13.9. The van der Waals surface area contributed by atoms with Gasteiger partial charge in [-0.2, -0.15) is 0 Å². The Morgan fingerprint density at radius 3 is 2.89 bits per heavy atom. The molecule has 0 amide bonds. The van der Waals surface area contributed by atoms with Gasteiger partial charge in [-0.15, -0.1) is 0 Å². The molecule has 1 fully saturated rings. The van der Waals surface area contributed by atoms with Crippen LogP contribution in [0.2, 0.25) is 0 Å². The second-order valence-corrected chi connectivity index (χ2v) is 5.17. The molecule has 2 heterocycles. The standard InChI is InChI=1S/C14H17FN2O2/c15-11-1-2-14-12(7-11)13(16-19-14)8-17-5-3-10(9-18)4-6-17/h1-2,7,10,18H,3-6,8-9H2. The number of hydrogen-bond acceptors (Lipinski definition) is 4. The van der Waals surface area contributed by atoms with Gasteiger partial charge < -0.3 is 9.63 Å². The molecule has 0 radical (unpaired) electrons. The van der Waals surface area contributed by atoms with Crippen molar-refractivity contribution < 1.29 is 14.0 Å². The van der Waals surface area contributed by atoms with E-state index >= 15 is 0 Å². The van der Waals surface area contributed by atoms with E-state index < -0.39 is 0 Å². The Bertz CT molecular complexity index is 562. The fraction of sp³-hybridized carbons (Fsp3) is 0.500. The number of nitrogens with zero attached hydrogens (tertiary/aromatic N) is 2. The van der Waals surface area contributed by atoms with Crippen LogP contribution in [0.15, 0.2) is 22.7 Å². The highest BCUT2D eigenvalue weighted by atomic mass is 19.1. The third-order valence-corrected chi connectivity index (χ3v) is 3.85. The zero-order valence-electron chi connectivity index (χ0n) is 10.7. The van der Waals surface area contributed by atoms with Crippen LogP contribution in [0.25, 0.3) is 11.0 Å². The molecule has 0 spiro atoms. The third kappa shape index (κ3) is 2.62. The van der Waals surface area contributed by atoms with Crippen molar-refractivity contribution in [2.24, 2.45) is 5.92 Å². The quantitative estimate of drug-likeness (QED) is 0.923. The van der Waals surface area contributed by atoms with Gasteiger partial charge in [-0.25, -0.2) is 4.39 Å². The lowest BCUT2D eigenvalue weighted by Gasteiger charge is -2.30. The van der Waals surface area contributed by atoms with Gasteiger partial charge in [0, 0.05) is 18.5 Å². The molecule has 4 nitrogen and oxygen atoms in total. The number of rotatable bonds is 3. The summed E-state index contributed by atoms with van der Waals surface area (Å²) in [5.74, 6) is 0.152. The maximum Gasteiger partial charge on any atom is 0.167 e. The maximum atomic E-state index is 13.3. The number of benzene rings is 1. The number of aliphatic hydroxyl groups is 1. The van der Waals surface area contributed by atoms with Crippen LogP contribution in [0.4, 0.5) is 4.39 Å². The monoisotopic (exact) mass is 264 g/mol. The molecule has 1 N–H and O–H groups in total. The Hall–Kier alpha value is -1.46. The summed E-state index contributed by atoms with van der Waals surface area (Å²) in [6.45, 7) is 2.82. The fourth-order valence-corrected chi connectivity index (χ4v) is 2.61. The summed E-state index contributed by atoms with van der Waals surface area (Å²) in [5.41, 5.74) is 1.42. The van der Waals surface area contributed by atoms with Gasteiger partial charge in [-0.1, -0.05) is 5.16 Å². The van der Waals surface area contributed by atoms with Gasteiger partial charge in [0.25, 0.3) is 0 Å². The van der Waals surface area contributed by atoms with E-state index in [1.54, 1.807) is 6.07 Å². The first-order valence-electron chi connectivity index (χ1n) is 6.63. The predicted octanol–water partition coefficient (Wildman–Crippen LogP) is 2.17. The zero-order valence-corrected chi connectivity index (χ0v) is 10.7. The summed E-state index contributed by atoms with van der Waals surface area (Å²) < 4.78 is 18.5. The van der Waals surface area contributed by atoms with Crippen molar-refractivity contribution in [3.05, 3.63) is 29.7 Å². The van der Waals surface area contributed by atoms with Crippen LogP contribution in [0.3, 0.4) is 0 Å². The summed E-state index contributed by atoms with van der Waals surface area (Å²) in [6.07, 6.45) is 2.00. The molecule has 0 aliphatic carbocycles. The maximum absolute atomic E-state index is 13.3. The van der Waals surface area contributed by atoms with E-state index in [1.165, 1.54) is 12.1 Å². The number of aliphatic hydroxyl groups excluding tert-OH is 1. The zero-order chi connectivity index (χ0) is 13.2. The van der Waals surface area contributed by atoms with E-state index in [0.717, 1.165) is 37.0 Å². The molecule has 3 rings (SSSR count). The number of likely N-dealkylation sites (tertiary alicyclic amines) is 1. The Balaban J connectivity index is 1.73. The minimum atomic E-state index is -0.268. The molecule has 2 aromatic rings. The summed E-state index contributed by atoms with van der Waals surface area (Å²) in [4.78, 5) is 2.27. The van der Waals surface area contributed by atoms with Crippen molar-refractivity contribution in [3.63, 3.8) is 0 Å². The summed E-state index contributed by atoms with van der Waals surface area (Å²) in [6, 6.07) is 4.46. The first-order valence-corrected chi connectivity index (χ1v) is 6.63. The lowest BCUT2D eigenvalue weighted by molar-refractivity contribution is 0.126. The molecular formula is C14H17FN2O2. The van der Waals surface area contributed by atoms with Crippen LogP contribution in [0.5, 0.6) is 0 Å². The van der Waals surface area contributed by atoms with E-state index in [-0.39, 0.29) is 12.4 Å². The first kappa shape index (κ1) is 12.6. The molecule has 102 valence electrons. The van der Waals surface area contributed by atoms with E-state index in [9.17, 15) is 4.39 Å². The van der Waals surface area contributed by atoms with Gasteiger partial charge in [0.2, 0.25) is 0 Å². The van der Waals surface area contributed by atoms with Crippen LogP contribution >= 0.6 is 0 Å². The van der Waals surface area contributed by atoms with Crippen molar-refractivity contribution in [1.82, 2.24) is 10.1 Å². The topological polar surface area (TPSA) is 49.5 Å².